The molecule has 0 aliphatic rings. The lowest BCUT2D eigenvalue weighted by Gasteiger charge is -2.18. The van der Waals surface area contributed by atoms with Gasteiger partial charge in [-0.1, -0.05) is 239 Å². The maximum atomic E-state index is 12.9. The number of hydrogen-bond donors (Lipinski definition) is 0. The Morgan fingerprint density at radius 1 is 0.288 bits per heavy atom. The van der Waals surface area contributed by atoms with Crippen LogP contribution in [0.5, 0.6) is 0 Å². The van der Waals surface area contributed by atoms with Crippen LogP contribution in [0.2, 0.25) is 0 Å². The summed E-state index contributed by atoms with van der Waals surface area (Å²) in [5, 5.41) is 0. The van der Waals surface area contributed by atoms with Crippen LogP contribution >= 0.6 is 0 Å². The topological polar surface area (TPSA) is 78.9 Å². The minimum absolute atomic E-state index is 0.0974. The highest BCUT2D eigenvalue weighted by molar-refractivity contribution is 5.71. The van der Waals surface area contributed by atoms with Crippen molar-refractivity contribution in [3.8, 4) is 0 Å². The maximum absolute atomic E-state index is 12.9. The van der Waals surface area contributed by atoms with Crippen LogP contribution in [0.1, 0.15) is 265 Å². The molecule has 0 heterocycles. The number of rotatable bonds is 53. The van der Waals surface area contributed by atoms with Crippen molar-refractivity contribution in [1.29, 1.82) is 0 Å². The highest BCUT2D eigenvalue weighted by atomic mass is 16.6. The fraction of sp³-hybridized carbons (Fsp3) is 0.657. The second kappa shape index (κ2) is 60.4. The molecule has 0 aliphatic carbocycles. The third-order valence-corrected chi connectivity index (χ3v) is 12.4. The van der Waals surface area contributed by atoms with E-state index >= 15 is 0 Å². The van der Waals surface area contributed by atoms with Crippen molar-refractivity contribution in [1.82, 2.24) is 0 Å². The van der Waals surface area contributed by atoms with E-state index in [1.807, 2.05) is 0 Å². The number of unbranched alkanes of at least 4 members (excludes halogenated alkanes) is 22. The number of ether oxygens (including phenoxy) is 3. The molecule has 0 fully saturated rings. The molecular formula is C67H110O6. The Kier molecular flexibility index (Phi) is 56.9. The molecule has 0 saturated carbocycles. The van der Waals surface area contributed by atoms with Crippen LogP contribution in [0, 0.1) is 0 Å². The van der Waals surface area contributed by atoms with Gasteiger partial charge in [-0.05, 0) is 128 Å². The van der Waals surface area contributed by atoms with Crippen molar-refractivity contribution in [3.63, 3.8) is 0 Å². The molecule has 0 radical (unpaired) electrons. The average Bonchev–Trinajstić information content (AvgIpc) is 3.39. The van der Waals surface area contributed by atoms with Crippen LogP contribution in [0.4, 0.5) is 0 Å². The Balaban J connectivity index is 4.43. The van der Waals surface area contributed by atoms with Gasteiger partial charge in [0.25, 0.3) is 0 Å². The van der Waals surface area contributed by atoms with Gasteiger partial charge >= 0.3 is 17.9 Å². The summed E-state index contributed by atoms with van der Waals surface area (Å²) in [5.74, 6) is -0.938. The van der Waals surface area contributed by atoms with Crippen molar-refractivity contribution in [2.24, 2.45) is 0 Å². The summed E-state index contributed by atoms with van der Waals surface area (Å²) < 4.78 is 16.9. The first-order chi connectivity index (χ1) is 36.0. The van der Waals surface area contributed by atoms with E-state index in [2.05, 4.69) is 142 Å². The van der Waals surface area contributed by atoms with E-state index in [4.69, 9.17) is 14.2 Å². The second-order valence-corrected chi connectivity index (χ2v) is 19.5. The lowest BCUT2D eigenvalue weighted by Crippen LogP contribution is -2.30. The molecule has 414 valence electrons. The van der Waals surface area contributed by atoms with E-state index in [1.165, 1.54) is 77.0 Å². The minimum atomic E-state index is -0.803. The summed E-state index contributed by atoms with van der Waals surface area (Å²) in [7, 11) is 0. The first-order valence-corrected chi connectivity index (χ1v) is 30.0. The van der Waals surface area contributed by atoms with E-state index < -0.39 is 6.10 Å². The smallest absolute Gasteiger partial charge is 0.306 e. The van der Waals surface area contributed by atoms with Crippen LogP contribution in [-0.2, 0) is 28.6 Å². The monoisotopic (exact) mass is 1010 g/mol. The molecule has 0 aliphatic heterocycles. The van der Waals surface area contributed by atoms with E-state index in [-0.39, 0.29) is 31.1 Å². The Hall–Kier alpha value is -4.19. The quantitative estimate of drug-likeness (QED) is 0.0261. The molecule has 0 N–H and O–H groups in total. The SMILES string of the molecule is CC/C=C\C/C=C\C/C=C\C/C=C\CCCCCCCCCCCCC(=O)OCC(COC(=O)CCCCCCC/C=C\C/C=C\CCCCC)OC(=O)CCCCCC/C=C\C/C=C\C/C=C\C/C=C\CC. The molecule has 0 aromatic rings. The van der Waals surface area contributed by atoms with Crippen molar-refractivity contribution in [3.05, 3.63) is 122 Å². The van der Waals surface area contributed by atoms with Crippen LogP contribution in [0.3, 0.4) is 0 Å². The molecule has 0 aromatic carbocycles. The number of hydrogen-bond acceptors (Lipinski definition) is 6. The highest BCUT2D eigenvalue weighted by Crippen LogP contribution is 2.15. The third-order valence-electron chi connectivity index (χ3n) is 12.4. The zero-order chi connectivity index (χ0) is 52.9. The zero-order valence-corrected chi connectivity index (χ0v) is 47.4. The van der Waals surface area contributed by atoms with E-state index in [9.17, 15) is 14.4 Å². The van der Waals surface area contributed by atoms with Gasteiger partial charge < -0.3 is 14.2 Å². The van der Waals surface area contributed by atoms with Gasteiger partial charge in [0.05, 0.1) is 0 Å². The van der Waals surface area contributed by atoms with Gasteiger partial charge in [0.2, 0.25) is 0 Å². The number of esters is 3. The fourth-order valence-corrected chi connectivity index (χ4v) is 7.98. The van der Waals surface area contributed by atoms with Gasteiger partial charge in [0.1, 0.15) is 13.2 Å². The van der Waals surface area contributed by atoms with Gasteiger partial charge in [-0.25, -0.2) is 0 Å². The normalized spacial score (nSPS) is 13.0. The van der Waals surface area contributed by atoms with Crippen molar-refractivity contribution in [2.75, 3.05) is 13.2 Å². The van der Waals surface area contributed by atoms with Gasteiger partial charge in [-0.3, -0.25) is 14.4 Å². The first kappa shape index (κ1) is 68.8. The molecule has 0 rings (SSSR count). The van der Waals surface area contributed by atoms with Gasteiger partial charge in [0.15, 0.2) is 6.10 Å². The predicted octanol–water partition coefficient (Wildman–Crippen LogP) is 20.4. The summed E-state index contributed by atoms with van der Waals surface area (Å²) in [6.07, 6.45) is 83.3. The lowest BCUT2D eigenvalue weighted by atomic mass is 10.1. The minimum Gasteiger partial charge on any atom is -0.462 e. The number of carbonyl (C=O) groups excluding carboxylic acids is 3. The Bertz CT molecular complexity index is 1540. The summed E-state index contributed by atoms with van der Waals surface area (Å²) in [6, 6.07) is 0. The summed E-state index contributed by atoms with van der Waals surface area (Å²) in [4.78, 5) is 38.2. The third kappa shape index (κ3) is 58.6. The van der Waals surface area contributed by atoms with E-state index in [0.717, 1.165) is 148 Å². The zero-order valence-electron chi connectivity index (χ0n) is 47.4. The molecule has 1 atom stereocenters. The molecule has 73 heavy (non-hydrogen) atoms. The number of allylic oxidation sites excluding steroid dienone is 20. The maximum Gasteiger partial charge on any atom is 0.306 e. The van der Waals surface area contributed by atoms with Gasteiger partial charge in [-0.2, -0.15) is 0 Å². The van der Waals surface area contributed by atoms with Crippen LogP contribution < -0.4 is 0 Å². The van der Waals surface area contributed by atoms with Crippen molar-refractivity contribution in [2.45, 2.75) is 271 Å². The Labute approximate surface area is 450 Å². The first-order valence-electron chi connectivity index (χ1n) is 30.0. The molecular weight excluding hydrogens is 901 g/mol. The molecule has 0 spiro atoms. The van der Waals surface area contributed by atoms with Gasteiger partial charge in [-0.15, -0.1) is 0 Å². The molecule has 1 unspecified atom stereocenters. The van der Waals surface area contributed by atoms with Gasteiger partial charge in [0, 0.05) is 19.3 Å². The molecule has 6 heteroatoms. The fourth-order valence-electron chi connectivity index (χ4n) is 7.98. The molecule has 0 amide bonds. The summed E-state index contributed by atoms with van der Waals surface area (Å²) in [6.45, 7) is 6.36. The lowest BCUT2D eigenvalue weighted by molar-refractivity contribution is -0.167. The van der Waals surface area contributed by atoms with Crippen LogP contribution in [0.25, 0.3) is 0 Å². The standard InChI is InChI=1S/C67H110O6/c1-4-7-10-13-16-19-22-25-28-30-31-32-33-34-35-37-39-42-45-48-51-54-57-60-66(69)72-63-64(62-71-65(68)59-56-53-50-47-44-41-38-27-24-21-18-15-12-9-6-3)73-67(70)61-58-55-52-49-46-43-40-36-29-26-23-20-17-14-11-8-5-2/h7-8,10-11,16-21,25-29,31-32,38,40,43,64H,4-6,9,12-15,22-24,30,33-37,39,41-42,44-63H2,1-3H3/b10-7-,11-8-,19-16-,20-17-,21-18-,28-25-,29-26-,32-31-,38-27-,43-40-. The van der Waals surface area contributed by atoms with E-state index in [1.54, 1.807) is 0 Å². The Morgan fingerprint density at radius 3 is 0.836 bits per heavy atom. The van der Waals surface area contributed by atoms with Crippen molar-refractivity contribution < 1.29 is 28.6 Å². The van der Waals surface area contributed by atoms with Crippen LogP contribution in [-0.4, -0.2) is 37.2 Å². The molecule has 0 aromatic heterocycles. The average molecular weight is 1010 g/mol. The van der Waals surface area contributed by atoms with E-state index in [0.29, 0.717) is 19.3 Å². The van der Waals surface area contributed by atoms with Crippen molar-refractivity contribution >= 4 is 17.9 Å². The summed E-state index contributed by atoms with van der Waals surface area (Å²) >= 11 is 0. The van der Waals surface area contributed by atoms with Crippen LogP contribution in [0.15, 0.2) is 122 Å². The Morgan fingerprint density at radius 2 is 0.534 bits per heavy atom. The molecule has 0 saturated heterocycles. The largest absolute Gasteiger partial charge is 0.462 e. The second-order valence-electron chi connectivity index (χ2n) is 19.5. The highest BCUT2D eigenvalue weighted by Gasteiger charge is 2.19. The molecule has 0 bridgehead atoms. The predicted molar refractivity (Wildman–Crippen MR) is 316 cm³/mol. The molecule has 6 nitrogen and oxygen atoms in total. The summed E-state index contributed by atoms with van der Waals surface area (Å²) in [5.41, 5.74) is 0. The number of carbonyl (C=O) groups is 3.